The summed E-state index contributed by atoms with van der Waals surface area (Å²) in [5.41, 5.74) is 0. The Hall–Kier alpha value is -0.570. The number of rotatable bonds is 6. The molecule has 0 saturated heterocycles. The van der Waals surface area contributed by atoms with Gasteiger partial charge >= 0.3 is 5.97 Å². The highest BCUT2D eigenvalue weighted by Gasteiger charge is 2.01. The first kappa shape index (κ1) is 11.4. The fraction of sp³-hybridized carbons (Fsp3) is 0.889. The van der Waals surface area contributed by atoms with Crippen molar-refractivity contribution in [3.8, 4) is 0 Å². The molecule has 3 heteroatoms. The normalized spacial score (nSPS) is 10.3. The van der Waals surface area contributed by atoms with E-state index in [0.29, 0.717) is 19.1 Å². The van der Waals surface area contributed by atoms with Crippen molar-refractivity contribution in [2.24, 2.45) is 5.92 Å². The SMILES string of the molecule is CCNCC(=O)OCCC(C)C. The summed E-state index contributed by atoms with van der Waals surface area (Å²) in [5.74, 6) is 0.439. The van der Waals surface area contributed by atoms with Gasteiger partial charge in [0.15, 0.2) is 0 Å². The second kappa shape index (κ2) is 7.10. The monoisotopic (exact) mass is 173 g/mol. The van der Waals surface area contributed by atoms with Crippen LogP contribution in [0, 0.1) is 5.92 Å². The first-order valence-electron chi connectivity index (χ1n) is 4.53. The molecular weight excluding hydrogens is 154 g/mol. The van der Waals surface area contributed by atoms with Crippen molar-refractivity contribution in [1.82, 2.24) is 5.32 Å². The Morgan fingerprint density at radius 1 is 1.50 bits per heavy atom. The lowest BCUT2D eigenvalue weighted by Crippen LogP contribution is -2.24. The maximum atomic E-state index is 10.9. The van der Waals surface area contributed by atoms with Gasteiger partial charge in [-0.1, -0.05) is 20.8 Å². The van der Waals surface area contributed by atoms with Gasteiger partial charge < -0.3 is 10.1 Å². The quantitative estimate of drug-likeness (QED) is 0.613. The van der Waals surface area contributed by atoms with Crippen molar-refractivity contribution >= 4 is 5.97 Å². The van der Waals surface area contributed by atoms with Crippen molar-refractivity contribution < 1.29 is 9.53 Å². The second-order valence-corrected chi connectivity index (χ2v) is 3.18. The van der Waals surface area contributed by atoms with Crippen LogP contribution in [0.1, 0.15) is 27.2 Å². The summed E-state index contributed by atoms with van der Waals surface area (Å²) in [6, 6.07) is 0. The molecule has 0 aromatic rings. The van der Waals surface area contributed by atoms with Gasteiger partial charge in [0.1, 0.15) is 0 Å². The topological polar surface area (TPSA) is 38.3 Å². The van der Waals surface area contributed by atoms with Crippen LogP contribution in [0.25, 0.3) is 0 Å². The zero-order chi connectivity index (χ0) is 9.40. The summed E-state index contributed by atoms with van der Waals surface area (Å²) < 4.78 is 4.95. The maximum Gasteiger partial charge on any atom is 0.319 e. The highest BCUT2D eigenvalue weighted by molar-refractivity contribution is 5.71. The predicted molar refractivity (Wildman–Crippen MR) is 49.0 cm³/mol. The molecule has 0 radical (unpaired) electrons. The number of carbonyl (C=O) groups is 1. The van der Waals surface area contributed by atoms with E-state index in [0.717, 1.165) is 13.0 Å². The Kier molecular flexibility index (Phi) is 6.76. The molecule has 12 heavy (non-hydrogen) atoms. The number of hydrogen-bond acceptors (Lipinski definition) is 3. The van der Waals surface area contributed by atoms with Gasteiger partial charge in [0.25, 0.3) is 0 Å². The summed E-state index contributed by atoms with van der Waals surface area (Å²) in [7, 11) is 0. The molecule has 72 valence electrons. The minimum absolute atomic E-state index is 0.155. The molecule has 0 unspecified atom stereocenters. The third-order valence-electron chi connectivity index (χ3n) is 1.48. The summed E-state index contributed by atoms with van der Waals surface area (Å²) in [4.78, 5) is 10.9. The largest absolute Gasteiger partial charge is 0.465 e. The van der Waals surface area contributed by atoms with Gasteiger partial charge in [-0.2, -0.15) is 0 Å². The number of likely N-dealkylation sites (N-methyl/N-ethyl adjacent to an activating group) is 1. The summed E-state index contributed by atoms with van der Waals surface area (Å²) >= 11 is 0. The van der Waals surface area contributed by atoms with Crippen LogP contribution >= 0.6 is 0 Å². The molecule has 3 nitrogen and oxygen atoms in total. The number of ether oxygens (including phenoxy) is 1. The van der Waals surface area contributed by atoms with Crippen LogP contribution < -0.4 is 5.32 Å². The summed E-state index contributed by atoms with van der Waals surface area (Å²) in [6.45, 7) is 7.85. The van der Waals surface area contributed by atoms with Gasteiger partial charge in [-0.3, -0.25) is 4.79 Å². The highest BCUT2D eigenvalue weighted by atomic mass is 16.5. The Labute approximate surface area is 74.5 Å². The molecule has 0 aliphatic carbocycles. The zero-order valence-electron chi connectivity index (χ0n) is 8.22. The lowest BCUT2D eigenvalue weighted by molar-refractivity contribution is -0.142. The van der Waals surface area contributed by atoms with E-state index >= 15 is 0 Å². The Morgan fingerprint density at radius 2 is 2.17 bits per heavy atom. The number of esters is 1. The van der Waals surface area contributed by atoms with Crippen molar-refractivity contribution in [2.75, 3.05) is 19.7 Å². The van der Waals surface area contributed by atoms with E-state index in [2.05, 4.69) is 19.2 Å². The smallest absolute Gasteiger partial charge is 0.319 e. The third-order valence-corrected chi connectivity index (χ3v) is 1.48. The molecule has 0 aliphatic rings. The van der Waals surface area contributed by atoms with E-state index in [4.69, 9.17) is 4.74 Å². The molecule has 0 saturated carbocycles. The minimum atomic E-state index is -0.155. The van der Waals surface area contributed by atoms with Gasteiger partial charge in [-0.25, -0.2) is 0 Å². The Bertz CT molecular complexity index is 124. The van der Waals surface area contributed by atoms with E-state index in [9.17, 15) is 4.79 Å². The van der Waals surface area contributed by atoms with E-state index in [1.165, 1.54) is 0 Å². The number of nitrogens with one attached hydrogen (secondary N) is 1. The van der Waals surface area contributed by atoms with E-state index in [1.54, 1.807) is 0 Å². The maximum absolute atomic E-state index is 10.9. The zero-order valence-corrected chi connectivity index (χ0v) is 8.22. The Balaban J connectivity index is 3.20. The van der Waals surface area contributed by atoms with Gasteiger partial charge in [0.05, 0.1) is 13.2 Å². The van der Waals surface area contributed by atoms with Crippen LogP contribution in [0.2, 0.25) is 0 Å². The molecular formula is C9H19NO2. The van der Waals surface area contributed by atoms with Gasteiger partial charge in [0.2, 0.25) is 0 Å². The van der Waals surface area contributed by atoms with E-state index < -0.39 is 0 Å². The Morgan fingerprint density at radius 3 is 2.67 bits per heavy atom. The molecule has 0 aromatic carbocycles. The van der Waals surface area contributed by atoms with Crippen LogP contribution in [0.15, 0.2) is 0 Å². The molecule has 0 heterocycles. The van der Waals surface area contributed by atoms with Gasteiger partial charge in [-0.05, 0) is 18.9 Å². The molecule has 0 fully saturated rings. The average molecular weight is 173 g/mol. The van der Waals surface area contributed by atoms with E-state index in [-0.39, 0.29) is 5.97 Å². The molecule has 0 spiro atoms. The van der Waals surface area contributed by atoms with Crippen molar-refractivity contribution in [3.05, 3.63) is 0 Å². The van der Waals surface area contributed by atoms with Gasteiger partial charge in [0, 0.05) is 0 Å². The highest BCUT2D eigenvalue weighted by Crippen LogP contribution is 1.98. The van der Waals surface area contributed by atoms with Crippen LogP contribution in [-0.2, 0) is 9.53 Å². The first-order chi connectivity index (χ1) is 5.66. The van der Waals surface area contributed by atoms with Crippen LogP contribution in [-0.4, -0.2) is 25.7 Å². The standard InChI is InChI=1S/C9H19NO2/c1-4-10-7-9(11)12-6-5-8(2)3/h8,10H,4-7H2,1-3H3. The molecule has 0 atom stereocenters. The third kappa shape index (κ3) is 7.54. The lowest BCUT2D eigenvalue weighted by atomic mass is 10.1. The van der Waals surface area contributed by atoms with Crippen molar-refractivity contribution in [1.29, 1.82) is 0 Å². The number of carbonyl (C=O) groups excluding carboxylic acids is 1. The molecule has 0 bridgehead atoms. The predicted octanol–water partition coefficient (Wildman–Crippen LogP) is 1.19. The van der Waals surface area contributed by atoms with Crippen LogP contribution in [0.4, 0.5) is 0 Å². The van der Waals surface area contributed by atoms with Gasteiger partial charge in [-0.15, -0.1) is 0 Å². The molecule has 0 rings (SSSR count). The van der Waals surface area contributed by atoms with Crippen LogP contribution in [0.3, 0.4) is 0 Å². The lowest BCUT2D eigenvalue weighted by Gasteiger charge is -2.06. The van der Waals surface area contributed by atoms with Crippen LogP contribution in [0.5, 0.6) is 0 Å². The molecule has 1 N–H and O–H groups in total. The fourth-order valence-electron chi connectivity index (χ4n) is 0.687. The second-order valence-electron chi connectivity index (χ2n) is 3.18. The summed E-state index contributed by atoms with van der Waals surface area (Å²) in [5, 5.41) is 2.91. The van der Waals surface area contributed by atoms with Crippen molar-refractivity contribution in [3.63, 3.8) is 0 Å². The van der Waals surface area contributed by atoms with Crippen molar-refractivity contribution in [2.45, 2.75) is 27.2 Å². The van der Waals surface area contributed by atoms with E-state index in [1.807, 2.05) is 6.92 Å². The molecule has 0 aromatic heterocycles. The molecule has 0 amide bonds. The average Bonchev–Trinajstić information content (AvgIpc) is 2.00. The summed E-state index contributed by atoms with van der Waals surface area (Å²) in [6.07, 6.45) is 0.942. The fourth-order valence-corrected chi connectivity index (χ4v) is 0.687. The molecule has 0 aliphatic heterocycles. The minimum Gasteiger partial charge on any atom is -0.465 e. The number of hydrogen-bond donors (Lipinski definition) is 1. The first-order valence-corrected chi connectivity index (χ1v) is 4.53.